The van der Waals surface area contributed by atoms with Crippen molar-refractivity contribution >= 4 is 25.3 Å². The Morgan fingerprint density at radius 3 is 2.45 bits per heavy atom. The molecule has 0 saturated carbocycles. The molecule has 2 rings (SSSR count). The van der Waals surface area contributed by atoms with E-state index in [0.717, 1.165) is 44.6 Å². The second-order valence-corrected chi connectivity index (χ2v) is 11.5. The molecule has 9 heteroatoms. The second-order valence-electron chi connectivity index (χ2n) is 8.21. The minimum atomic E-state index is -3.07. The van der Waals surface area contributed by atoms with Crippen molar-refractivity contribution in [2.24, 2.45) is 5.92 Å². The number of esters is 1. The van der Waals surface area contributed by atoms with Gasteiger partial charge in [0.2, 0.25) is 0 Å². The van der Waals surface area contributed by atoms with Gasteiger partial charge in [-0.05, 0) is 78.3 Å². The van der Waals surface area contributed by atoms with Crippen LogP contribution in [0.2, 0.25) is 0 Å². The monoisotopic (exact) mass is 500 g/mol. The molecule has 0 bridgehead atoms. The molecule has 188 valence electrons. The fourth-order valence-electron chi connectivity index (χ4n) is 3.86. The van der Waals surface area contributed by atoms with Gasteiger partial charge in [-0.15, -0.1) is 11.8 Å². The summed E-state index contributed by atoms with van der Waals surface area (Å²) in [5, 5.41) is 3.43. The molecule has 0 radical (unpaired) electrons. The maximum absolute atomic E-state index is 12.4. The van der Waals surface area contributed by atoms with E-state index in [2.05, 4.69) is 34.5 Å². The molecule has 33 heavy (non-hydrogen) atoms. The molecule has 1 aromatic carbocycles. The fraction of sp³-hybridized carbons (Fsp3) is 0.708. The molecule has 1 aliphatic rings. The Morgan fingerprint density at radius 1 is 1.18 bits per heavy atom. The van der Waals surface area contributed by atoms with E-state index in [4.69, 9.17) is 13.8 Å². The van der Waals surface area contributed by atoms with Gasteiger partial charge < -0.3 is 24.0 Å². The van der Waals surface area contributed by atoms with E-state index < -0.39 is 7.60 Å². The second kappa shape index (κ2) is 15.9. The van der Waals surface area contributed by atoms with Crippen molar-refractivity contribution in [3.8, 4) is 0 Å². The number of hydrogen-bond acceptors (Lipinski definition) is 8. The average Bonchev–Trinajstić information content (AvgIpc) is 2.83. The van der Waals surface area contributed by atoms with Crippen LogP contribution in [0.25, 0.3) is 0 Å². The number of benzene rings is 1. The predicted molar refractivity (Wildman–Crippen MR) is 135 cm³/mol. The van der Waals surface area contributed by atoms with Crippen molar-refractivity contribution in [3.63, 3.8) is 0 Å². The summed E-state index contributed by atoms with van der Waals surface area (Å²) in [5.74, 6) is 0.869. The quantitative estimate of drug-likeness (QED) is 0.152. The van der Waals surface area contributed by atoms with E-state index >= 15 is 0 Å². The SMILES string of the molecule is CCOP(=O)(CCCOC(=O)C1CCN(CC[C@H](CSc2ccccc2)NC)CC1)OCC. The van der Waals surface area contributed by atoms with E-state index in [9.17, 15) is 9.36 Å². The molecular formula is C24H41N2O5PS. The summed E-state index contributed by atoms with van der Waals surface area (Å²) in [7, 11) is -1.04. The number of carbonyl (C=O) groups excluding carboxylic acids is 1. The number of ether oxygens (including phenoxy) is 1. The molecular weight excluding hydrogens is 459 g/mol. The van der Waals surface area contributed by atoms with Gasteiger partial charge in [-0.3, -0.25) is 9.36 Å². The number of nitrogens with zero attached hydrogens (tertiary/aromatic N) is 1. The van der Waals surface area contributed by atoms with Crippen LogP contribution >= 0.6 is 19.4 Å². The molecule has 0 unspecified atom stereocenters. The van der Waals surface area contributed by atoms with Crippen LogP contribution in [0.3, 0.4) is 0 Å². The van der Waals surface area contributed by atoms with Crippen LogP contribution in [-0.2, 0) is 23.1 Å². The van der Waals surface area contributed by atoms with Crippen LogP contribution in [0.1, 0.15) is 39.5 Å². The minimum absolute atomic E-state index is 0.0411. The van der Waals surface area contributed by atoms with Crippen molar-refractivity contribution in [1.82, 2.24) is 10.2 Å². The van der Waals surface area contributed by atoms with Gasteiger partial charge in [0.05, 0.1) is 31.9 Å². The molecule has 7 nitrogen and oxygen atoms in total. The number of hydrogen-bond donors (Lipinski definition) is 1. The number of nitrogens with one attached hydrogen (secondary N) is 1. The number of carbonyl (C=O) groups is 1. The van der Waals surface area contributed by atoms with E-state index in [1.165, 1.54) is 4.90 Å². The zero-order valence-corrected chi connectivity index (χ0v) is 22.1. The van der Waals surface area contributed by atoms with E-state index in [0.29, 0.717) is 25.7 Å². The van der Waals surface area contributed by atoms with Gasteiger partial charge in [-0.1, -0.05) is 18.2 Å². The van der Waals surface area contributed by atoms with Gasteiger partial charge in [0.1, 0.15) is 0 Å². The molecule has 1 aromatic rings. The zero-order chi connectivity index (χ0) is 23.9. The third-order valence-corrected chi connectivity index (χ3v) is 9.13. The van der Waals surface area contributed by atoms with Crippen molar-refractivity contribution in [3.05, 3.63) is 30.3 Å². The summed E-state index contributed by atoms with van der Waals surface area (Å²) in [6.45, 7) is 7.41. The number of rotatable bonds is 16. The average molecular weight is 501 g/mol. The molecule has 0 aromatic heterocycles. The molecule has 1 fully saturated rings. The lowest BCUT2D eigenvalue weighted by Crippen LogP contribution is -2.40. The normalized spacial score (nSPS) is 16.6. The smallest absolute Gasteiger partial charge is 0.330 e. The summed E-state index contributed by atoms with van der Waals surface area (Å²) in [6, 6.07) is 11.0. The van der Waals surface area contributed by atoms with E-state index in [-0.39, 0.29) is 24.7 Å². The van der Waals surface area contributed by atoms with Crippen LogP contribution < -0.4 is 5.32 Å². The summed E-state index contributed by atoms with van der Waals surface area (Å²) in [6.07, 6.45) is 3.51. The number of thioether (sulfide) groups is 1. The topological polar surface area (TPSA) is 77.1 Å². The summed E-state index contributed by atoms with van der Waals surface area (Å²) < 4.78 is 28.4. The molecule has 0 aliphatic carbocycles. The molecule has 0 amide bonds. The highest BCUT2D eigenvalue weighted by Crippen LogP contribution is 2.48. The lowest BCUT2D eigenvalue weighted by Gasteiger charge is -2.31. The van der Waals surface area contributed by atoms with Crippen LogP contribution in [-0.4, -0.2) is 75.3 Å². The van der Waals surface area contributed by atoms with E-state index in [1.807, 2.05) is 24.9 Å². The molecule has 1 saturated heterocycles. The highest BCUT2D eigenvalue weighted by Gasteiger charge is 2.27. The van der Waals surface area contributed by atoms with Gasteiger partial charge in [0, 0.05) is 16.7 Å². The molecule has 0 spiro atoms. The zero-order valence-electron chi connectivity index (χ0n) is 20.4. The Labute approximate surface area is 203 Å². The highest BCUT2D eigenvalue weighted by molar-refractivity contribution is 7.99. The van der Waals surface area contributed by atoms with Gasteiger partial charge in [-0.25, -0.2) is 0 Å². The van der Waals surface area contributed by atoms with Crippen LogP contribution in [0.5, 0.6) is 0 Å². The van der Waals surface area contributed by atoms with Gasteiger partial charge in [0.15, 0.2) is 0 Å². The van der Waals surface area contributed by atoms with Crippen molar-refractivity contribution in [2.45, 2.75) is 50.5 Å². The van der Waals surface area contributed by atoms with Gasteiger partial charge >= 0.3 is 13.6 Å². The highest BCUT2D eigenvalue weighted by atomic mass is 32.2. The first-order chi connectivity index (χ1) is 16.0. The molecule has 1 heterocycles. The Balaban J connectivity index is 1.61. The summed E-state index contributed by atoms with van der Waals surface area (Å²) >= 11 is 1.88. The maximum Gasteiger partial charge on any atom is 0.330 e. The minimum Gasteiger partial charge on any atom is -0.465 e. The third-order valence-electron chi connectivity index (χ3n) is 5.79. The first-order valence-electron chi connectivity index (χ1n) is 12.1. The standard InChI is InChI=1S/C24H41N2O5PS/c1-4-30-32(28,31-5-2)19-9-18-29-24(27)21-12-15-26(16-13-21)17-14-22(25-3)20-33-23-10-7-6-8-11-23/h6-8,10-11,21-22,25H,4-5,9,12-20H2,1-3H3/t22-/m1/s1. The van der Waals surface area contributed by atoms with Crippen molar-refractivity contribution < 1.29 is 23.1 Å². The largest absolute Gasteiger partial charge is 0.465 e. The third kappa shape index (κ3) is 10.9. The number of likely N-dealkylation sites (tertiary alicyclic amines) is 1. The predicted octanol–water partition coefficient (Wildman–Crippen LogP) is 4.67. The summed E-state index contributed by atoms with van der Waals surface area (Å²) in [5.41, 5.74) is 0. The van der Waals surface area contributed by atoms with Crippen LogP contribution in [0, 0.1) is 5.92 Å². The lowest BCUT2D eigenvalue weighted by molar-refractivity contribution is -0.150. The van der Waals surface area contributed by atoms with Gasteiger partial charge in [0.25, 0.3) is 0 Å². The van der Waals surface area contributed by atoms with Crippen molar-refractivity contribution in [1.29, 1.82) is 0 Å². The molecule has 1 aliphatic heterocycles. The van der Waals surface area contributed by atoms with Crippen molar-refractivity contribution in [2.75, 3.05) is 58.4 Å². The maximum atomic E-state index is 12.4. The Bertz CT molecular complexity index is 706. The molecule has 1 N–H and O–H groups in total. The number of piperidine rings is 1. The lowest BCUT2D eigenvalue weighted by atomic mass is 9.97. The molecule has 1 atom stereocenters. The fourth-order valence-corrected chi connectivity index (χ4v) is 6.58. The van der Waals surface area contributed by atoms with Crippen LogP contribution in [0.15, 0.2) is 35.2 Å². The first kappa shape index (κ1) is 28.3. The Kier molecular flexibility index (Phi) is 13.7. The summed E-state index contributed by atoms with van der Waals surface area (Å²) in [4.78, 5) is 16.2. The van der Waals surface area contributed by atoms with Crippen LogP contribution in [0.4, 0.5) is 0 Å². The first-order valence-corrected chi connectivity index (χ1v) is 14.8. The Morgan fingerprint density at radius 2 is 1.85 bits per heavy atom. The Hall–Kier alpha value is -0.890. The van der Waals surface area contributed by atoms with E-state index in [1.54, 1.807) is 13.8 Å². The van der Waals surface area contributed by atoms with Gasteiger partial charge in [-0.2, -0.15) is 0 Å².